The molecule has 11 heteroatoms. The van der Waals surface area contributed by atoms with Gasteiger partial charge in [-0.2, -0.15) is 5.10 Å². The predicted octanol–water partition coefficient (Wildman–Crippen LogP) is 1.44. The van der Waals surface area contributed by atoms with E-state index in [0.717, 1.165) is 5.69 Å². The van der Waals surface area contributed by atoms with E-state index in [0.29, 0.717) is 24.8 Å². The lowest BCUT2D eigenvalue weighted by Gasteiger charge is -2.16. The molecule has 1 aromatic heterocycles. The number of halogens is 1. The van der Waals surface area contributed by atoms with E-state index in [1.807, 2.05) is 20.0 Å². The zero-order chi connectivity index (χ0) is 19.6. The third kappa shape index (κ3) is 7.68. The van der Waals surface area contributed by atoms with E-state index < -0.39 is 11.0 Å². The summed E-state index contributed by atoms with van der Waals surface area (Å²) in [5, 5.41) is 30.9. The van der Waals surface area contributed by atoms with Crippen LogP contribution in [0.4, 0.5) is 5.69 Å². The van der Waals surface area contributed by atoms with Crippen LogP contribution in [0, 0.1) is 10.1 Å². The van der Waals surface area contributed by atoms with Crippen molar-refractivity contribution in [1.29, 1.82) is 0 Å². The molecule has 2 rings (SSSR count). The molecule has 0 fully saturated rings. The molecule has 1 unspecified atom stereocenters. The minimum Gasteiger partial charge on any atom is -0.491 e. The fraction of sp³-hybridized carbons (Fsp3) is 0.412. The van der Waals surface area contributed by atoms with Gasteiger partial charge in [-0.3, -0.25) is 14.8 Å². The summed E-state index contributed by atoms with van der Waals surface area (Å²) in [6, 6.07) is 7.60. The Bertz CT molecular complexity index is 765. The van der Waals surface area contributed by atoms with Crippen molar-refractivity contribution in [3.63, 3.8) is 0 Å². The van der Waals surface area contributed by atoms with Crippen LogP contribution in [-0.2, 0) is 13.6 Å². The average Bonchev–Trinajstić information content (AvgIpc) is 3.07. The van der Waals surface area contributed by atoms with Crippen LogP contribution in [0.25, 0.3) is 0 Å². The van der Waals surface area contributed by atoms with Crippen LogP contribution in [0.15, 0.2) is 41.5 Å². The van der Waals surface area contributed by atoms with Crippen molar-refractivity contribution < 1.29 is 14.8 Å². The zero-order valence-corrected chi connectivity index (χ0v) is 18.1. The first-order valence-electron chi connectivity index (χ1n) is 8.54. The number of hydrogen-bond acceptors (Lipinski definition) is 6. The van der Waals surface area contributed by atoms with Crippen LogP contribution >= 0.6 is 24.0 Å². The molecular weight excluding hydrogens is 479 g/mol. The first-order valence-corrected chi connectivity index (χ1v) is 8.54. The molecule has 10 nitrogen and oxygen atoms in total. The molecule has 0 aliphatic rings. The second-order valence-corrected chi connectivity index (χ2v) is 5.74. The maximum absolute atomic E-state index is 10.6. The van der Waals surface area contributed by atoms with Crippen LogP contribution in [0.5, 0.6) is 5.75 Å². The first kappa shape index (κ1) is 23.6. The summed E-state index contributed by atoms with van der Waals surface area (Å²) in [6.45, 7) is 3.39. The number of ether oxygens (including phenoxy) is 1. The third-order valence-electron chi connectivity index (χ3n) is 3.66. The van der Waals surface area contributed by atoms with Crippen molar-refractivity contribution in [1.82, 2.24) is 20.4 Å². The number of nitro groups is 1. The molecule has 1 atom stereocenters. The van der Waals surface area contributed by atoms with E-state index in [9.17, 15) is 15.2 Å². The van der Waals surface area contributed by atoms with Gasteiger partial charge in [0.25, 0.3) is 5.69 Å². The van der Waals surface area contributed by atoms with Crippen molar-refractivity contribution in [2.75, 3.05) is 19.7 Å². The Labute approximate surface area is 180 Å². The minimum absolute atomic E-state index is 0. The van der Waals surface area contributed by atoms with Gasteiger partial charge in [-0.05, 0) is 25.1 Å². The third-order valence-corrected chi connectivity index (χ3v) is 3.66. The number of aliphatic imine (C=N–C) groups is 1. The maximum Gasteiger partial charge on any atom is 0.269 e. The van der Waals surface area contributed by atoms with Crippen LogP contribution in [-0.4, -0.2) is 51.6 Å². The van der Waals surface area contributed by atoms with Gasteiger partial charge in [-0.25, -0.2) is 4.99 Å². The number of aromatic nitrogens is 2. The lowest BCUT2D eigenvalue weighted by Crippen LogP contribution is -2.42. The van der Waals surface area contributed by atoms with Gasteiger partial charge in [0.05, 0.1) is 17.2 Å². The van der Waals surface area contributed by atoms with E-state index in [-0.39, 0.29) is 42.8 Å². The molecule has 0 amide bonds. The minimum atomic E-state index is -0.777. The largest absolute Gasteiger partial charge is 0.491 e. The van der Waals surface area contributed by atoms with Gasteiger partial charge < -0.3 is 20.5 Å². The average molecular weight is 504 g/mol. The molecule has 2 aromatic rings. The highest BCUT2D eigenvalue weighted by atomic mass is 127. The van der Waals surface area contributed by atoms with Crippen molar-refractivity contribution in [3.8, 4) is 5.75 Å². The Kier molecular flexibility index (Phi) is 10.2. The van der Waals surface area contributed by atoms with Gasteiger partial charge in [0.15, 0.2) is 5.96 Å². The van der Waals surface area contributed by atoms with Crippen molar-refractivity contribution in [3.05, 3.63) is 52.3 Å². The topological polar surface area (TPSA) is 127 Å². The first-order chi connectivity index (χ1) is 13.0. The molecule has 0 bridgehead atoms. The monoisotopic (exact) mass is 504 g/mol. The predicted molar refractivity (Wildman–Crippen MR) is 116 cm³/mol. The summed E-state index contributed by atoms with van der Waals surface area (Å²) in [5.41, 5.74) is 0.957. The number of nitrogens with zero attached hydrogens (tertiary/aromatic N) is 4. The summed E-state index contributed by atoms with van der Waals surface area (Å²) >= 11 is 0. The smallest absolute Gasteiger partial charge is 0.269 e. The number of aliphatic hydroxyl groups excluding tert-OH is 1. The van der Waals surface area contributed by atoms with Crippen molar-refractivity contribution in [2.24, 2.45) is 12.0 Å². The van der Waals surface area contributed by atoms with E-state index in [2.05, 4.69) is 20.7 Å². The fourth-order valence-electron chi connectivity index (χ4n) is 2.19. The standard InChI is InChI=1S/C17H24N6O4.HI/c1-3-18-17(19-10-14-8-9-21-22(14)2)20-11-15(24)12-27-16-6-4-13(5-7-16)23(25)26;/h4-9,15,24H,3,10-12H2,1-2H3,(H2,18,19,20);1H. The quantitative estimate of drug-likeness (QED) is 0.155. The number of non-ortho nitro benzene ring substituents is 1. The highest BCUT2D eigenvalue weighted by molar-refractivity contribution is 14.0. The second kappa shape index (κ2) is 12.1. The molecule has 0 aliphatic heterocycles. The van der Waals surface area contributed by atoms with Crippen LogP contribution in [0.1, 0.15) is 12.6 Å². The van der Waals surface area contributed by atoms with E-state index in [1.54, 1.807) is 10.9 Å². The molecule has 0 saturated carbocycles. The number of hydrogen-bond donors (Lipinski definition) is 3. The summed E-state index contributed by atoms with van der Waals surface area (Å²) in [5.74, 6) is 1.03. The Morgan fingerprint density at radius 2 is 2.07 bits per heavy atom. The summed E-state index contributed by atoms with van der Waals surface area (Å²) < 4.78 is 7.19. The lowest BCUT2D eigenvalue weighted by atomic mass is 10.3. The molecule has 0 radical (unpaired) electrons. The summed E-state index contributed by atoms with van der Waals surface area (Å²) in [6.07, 6.45) is 0.936. The zero-order valence-electron chi connectivity index (χ0n) is 15.7. The Balaban J connectivity index is 0.00000392. The van der Waals surface area contributed by atoms with Gasteiger partial charge in [0.1, 0.15) is 18.5 Å². The van der Waals surface area contributed by atoms with Gasteiger partial charge >= 0.3 is 0 Å². The molecule has 0 aliphatic carbocycles. The fourth-order valence-corrected chi connectivity index (χ4v) is 2.19. The maximum atomic E-state index is 10.6. The van der Waals surface area contributed by atoms with Gasteiger partial charge in [-0.15, -0.1) is 24.0 Å². The second-order valence-electron chi connectivity index (χ2n) is 5.74. The highest BCUT2D eigenvalue weighted by Gasteiger charge is 2.09. The molecular formula is C17H25IN6O4. The number of rotatable bonds is 9. The number of benzene rings is 1. The van der Waals surface area contributed by atoms with Gasteiger partial charge in [-0.1, -0.05) is 0 Å². The molecule has 0 saturated heterocycles. The molecule has 3 N–H and O–H groups in total. The Hall–Kier alpha value is -2.41. The normalized spacial score (nSPS) is 12.0. The molecule has 28 heavy (non-hydrogen) atoms. The number of aryl methyl sites for hydroxylation is 1. The summed E-state index contributed by atoms with van der Waals surface area (Å²) in [7, 11) is 1.85. The van der Waals surface area contributed by atoms with Crippen molar-refractivity contribution in [2.45, 2.75) is 19.6 Å². The Morgan fingerprint density at radius 3 is 2.64 bits per heavy atom. The van der Waals surface area contributed by atoms with Crippen molar-refractivity contribution >= 4 is 35.6 Å². The van der Waals surface area contributed by atoms with Crippen LogP contribution in [0.3, 0.4) is 0 Å². The molecule has 154 valence electrons. The molecule has 0 spiro atoms. The number of aliphatic hydroxyl groups is 1. The van der Waals surface area contributed by atoms with Gasteiger partial charge in [0, 0.05) is 38.5 Å². The SMILES string of the molecule is CCNC(=NCc1ccnn1C)NCC(O)COc1ccc([N+](=O)[O-])cc1.I. The van der Waals surface area contributed by atoms with E-state index >= 15 is 0 Å². The number of nitrogens with one attached hydrogen (secondary N) is 2. The van der Waals surface area contributed by atoms with E-state index in [4.69, 9.17) is 4.74 Å². The van der Waals surface area contributed by atoms with E-state index in [1.165, 1.54) is 24.3 Å². The number of guanidine groups is 1. The van der Waals surface area contributed by atoms with Crippen LogP contribution in [0.2, 0.25) is 0 Å². The number of nitro benzene ring substituents is 1. The molecule has 1 aromatic carbocycles. The Morgan fingerprint density at radius 1 is 1.36 bits per heavy atom. The van der Waals surface area contributed by atoms with Crippen LogP contribution < -0.4 is 15.4 Å². The van der Waals surface area contributed by atoms with Gasteiger partial charge in [0.2, 0.25) is 0 Å². The molecule has 1 heterocycles. The lowest BCUT2D eigenvalue weighted by molar-refractivity contribution is -0.384. The summed E-state index contributed by atoms with van der Waals surface area (Å²) in [4.78, 5) is 14.6. The highest BCUT2D eigenvalue weighted by Crippen LogP contribution is 2.17.